The molecule has 0 radical (unpaired) electrons. The average molecular weight is 604 g/mol. The summed E-state index contributed by atoms with van der Waals surface area (Å²) in [5, 5.41) is 11.2. The fourth-order valence-corrected chi connectivity index (χ4v) is 6.39. The van der Waals surface area contributed by atoms with Crippen LogP contribution in [0.15, 0.2) is 36.4 Å². The lowest BCUT2D eigenvalue weighted by Crippen LogP contribution is -2.27. The third kappa shape index (κ3) is 4.49. The van der Waals surface area contributed by atoms with E-state index >= 15 is 4.39 Å². The van der Waals surface area contributed by atoms with Gasteiger partial charge in [0, 0.05) is 45.8 Å². The first kappa shape index (κ1) is 28.1. The van der Waals surface area contributed by atoms with Crippen LogP contribution in [0.5, 0.6) is 0 Å². The highest BCUT2D eigenvalue weighted by molar-refractivity contribution is 6.31. The average Bonchev–Trinajstić information content (AvgIpc) is 3.45. The van der Waals surface area contributed by atoms with Crippen LogP contribution in [0.2, 0.25) is 5.02 Å². The summed E-state index contributed by atoms with van der Waals surface area (Å²) < 4.78 is 72.7. The lowest BCUT2D eigenvalue weighted by Gasteiger charge is -2.24. The number of amides is 2. The molecule has 0 bridgehead atoms. The topological polar surface area (TPSA) is 102 Å². The largest absolute Gasteiger partial charge is 0.416 e. The Kier molecular flexibility index (Phi) is 6.73. The van der Waals surface area contributed by atoms with Gasteiger partial charge in [-0.1, -0.05) is 11.6 Å². The second-order valence-electron chi connectivity index (χ2n) is 10.5. The zero-order valence-electron chi connectivity index (χ0n) is 22.0. The Hall–Kier alpha value is -4.03. The number of nitrogens with two attached hydrogens (primary N) is 1. The minimum absolute atomic E-state index is 0.0122. The van der Waals surface area contributed by atoms with E-state index in [9.17, 15) is 27.2 Å². The zero-order chi connectivity index (χ0) is 30.1. The van der Waals surface area contributed by atoms with Crippen molar-refractivity contribution in [3.8, 4) is 11.1 Å². The van der Waals surface area contributed by atoms with Crippen LogP contribution >= 0.6 is 11.6 Å². The van der Waals surface area contributed by atoms with Gasteiger partial charge in [-0.2, -0.15) is 18.3 Å². The van der Waals surface area contributed by atoms with Crippen molar-refractivity contribution in [3.63, 3.8) is 0 Å². The summed E-state index contributed by atoms with van der Waals surface area (Å²) in [7, 11) is 1.71. The lowest BCUT2D eigenvalue weighted by atomic mass is 9.84. The molecule has 1 fully saturated rings. The van der Waals surface area contributed by atoms with Crippen LogP contribution in [0.4, 0.5) is 22.0 Å². The van der Waals surface area contributed by atoms with Crippen molar-refractivity contribution in [2.24, 2.45) is 12.8 Å². The number of benzene rings is 3. The number of alkyl halides is 3. The van der Waals surface area contributed by atoms with Crippen LogP contribution in [-0.4, -0.2) is 34.7 Å². The molecule has 0 aliphatic carbocycles. The minimum atomic E-state index is -4.96. The Morgan fingerprint density at radius 2 is 1.81 bits per heavy atom. The van der Waals surface area contributed by atoms with Gasteiger partial charge in [-0.05, 0) is 67.9 Å². The summed E-state index contributed by atoms with van der Waals surface area (Å²) in [6.07, 6.45) is -3.47. The van der Waals surface area contributed by atoms with Gasteiger partial charge in [0.1, 0.15) is 17.2 Å². The Morgan fingerprint density at radius 3 is 2.48 bits per heavy atom. The molecule has 1 atom stereocenters. The summed E-state index contributed by atoms with van der Waals surface area (Å²) >= 11 is 6.41. The first-order chi connectivity index (χ1) is 19.9. The van der Waals surface area contributed by atoms with Gasteiger partial charge in [-0.3, -0.25) is 14.3 Å². The number of aryl methyl sites for hydroxylation is 1. The van der Waals surface area contributed by atoms with Crippen LogP contribution < -0.4 is 16.4 Å². The monoisotopic (exact) mass is 603 g/mol. The Labute approximate surface area is 240 Å². The van der Waals surface area contributed by atoms with E-state index in [0.717, 1.165) is 43.8 Å². The number of rotatable bonds is 4. The van der Waals surface area contributed by atoms with E-state index in [1.54, 1.807) is 11.7 Å². The number of fused-ring (bicyclic) bond motifs is 3. The maximum absolute atomic E-state index is 15.9. The van der Waals surface area contributed by atoms with Gasteiger partial charge in [0.25, 0.3) is 5.91 Å². The molecule has 1 unspecified atom stereocenters. The van der Waals surface area contributed by atoms with Crippen LogP contribution in [0.25, 0.3) is 22.0 Å². The highest BCUT2D eigenvalue weighted by Gasteiger charge is 2.40. The molecule has 3 aromatic carbocycles. The number of halogens is 6. The van der Waals surface area contributed by atoms with Crippen molar-refractivity contribution in [3.05, 3.63) is 86.6 Å². The molecule has 2 amide bonds. The summed E-state index contributed by atoms with van der Waals surface area (Å²) in [5.41, 5.74) is 4.11. The number of piperidine rings is 1. The van der Waals surface area contributed by atoms with Gasteiger partial charge in [-0.25, -0.2) is 8.78 Å². The number of hydrogen-bond donors (Lipinski definition) is 3. The van der Waals surface area contributed by atoms with Gasteiger partial charge in [0.15, 0.2) is 0 Å². The molecule has 42 heavy (non-hydrogen) atoms. The van der Waals surface area contributed by atoms with Gasteiger partial charge in [-0.15, -0.1) is 0 Å². The van der Waals surface area contributed by atoms with Gasteiger partial charge < -0.3 is 16.4 Å². The molecule has 0 saturated carbocycles. The van der Waals surface area contributed by atoms with Crippen molar-refractivity contribution < 1.29 is 31.5 Å². The number of primary amides is 1. The molecular formula is C29H23ClF5N5O2. The van der Waals surface area contributed by atoms with Crippen molar-refractivity contribution in [1.29, 1.82) is 0 Å². The molecule has 1 saturated heterocycles. The first-order valence-corrected chi connectivity index (χ1v) is 13.5. The van der Waals surface area contributed by atoms with Crippen molar-refractivity contribution in [2.45, 2.75) is 31.0 Å². The molecular weight excluding hydrogens is 581 g/mol. The van der Waals surface area contributed by atoms with Crippen LogP contribution in [-0.2, 0) is 13.2 Å². The quantitative estimate of drug-likeness (QED) is 0.265. The Balaban J connectivity index is 1.73. The SMILES string of the molecule is Cn1nc2c3c(c(-c4c(F)cc(C(F)(F)F)cc4C(N)=O)cc2c1C1CCNCC1)C(c1cc(F)ccc1Cl)NC3=O. The molecule has 3 heterocycles. The van der Waals surface area contributed by atoms with Crippen molar-refractivity contribution >= 4 is 34.3 Å². The standard InChI is InChI=1S/C29H23ClF5N5O2/c1-40-26(12-4-6-37-7-5-12)18-11-16(21-17(27(36)41)8-13(9-20(21)32)29(33,34)35)22-23(25(18)39-40)28(42)38-24(22)15-10-14(31)2-3-19(15)30/h2-3,8-12,24,37H,4-7H2,1H3,(H2,36,41)(H,38,42). The van der Waals surface area contributed by atoms with E-state index in [1.807, 2.05) is 0 Å². The predicted octanol–water partition coefficient (Wildman–Crippen LogP) is 5.59. The van der Waals surface area contributed by atoms with Gasteiger partial charge in [0.2, 0.25) is 5.91 Å². The minimum Gasteiger partial charge on any atom is -0.366 e. The third-order valence-corrected chi connectivity index (χ3v) is 8.30. The molecule has 4 N–H and O–H groups in total. The first-order valence-electron chi connectivity index (χ1n) is 13.1. The normalized spacial score (nSPS) is 17.5. The van der Waals surface area contributed by atoms with E-state index in [4.69, 9.17) is 17.3 Å². The smallest absolute Gasteiger partial charge is 0.366 e. The fraction of sp³-hybridized carbons (Fsp3) is 0.276. The number of carbonyl (C=O) groups excluding carboxylic acids is 2. The number of nitrogens with one attached hydrogen (secondary N) is 2. The van der Waals surface area contributed by atoms with E-state index in [1.165, 1.54) is 12.1 Å². The van der Waals surface area contributed by atoms with E-state index in [-0.39, 0.29) is 44.8 Å². The van der Waals surface area contributed by atoms with E-state index < -0.39 is 52.4 Å². The fourth-order valence-electron chi connectivity index (χ4n) is 6.16. The summed E-state index contributed by atoms with van der Waals surface area (Å²) in [6.45, 7) is 1.46. The number of carbonyl (C=O) groups is 2. The highest BCUT2D eigenvalue weighted by atomic mass is 35.5. The zero-order valence-corrected chi connectivity index (χ0v) is 22.8. The number of aromatic nitrogens is 2. The van der Waals surface area contributed by atoms with Crippen molar-refractivity contribution in [1.82, 2.24) is 20.4 Å². The summed E-state index contributed by atoms with van der Waals surface area (Å²) in [5.74, 6) is -3.94. The maximum Gasteiger partial charge on any atom is 0.416 e. The van der Waals surface area contributed by atoms with Crippen LogP contribution in [0.1, 0.15) is 67.9 Å². The summed E-state index contributed by atoms with van der Waals surface area (Å²) in [4.78, 5) is 26.1. The molecule has 4 aromatic rings. The molecule has 7 nitrogen and oxygen atoms in total. The van der Waals surface area contributed by atoms with E-state index in [0.29, 0.717) is 11.5 Å². The van der Waals surface area contributed by atoms with Gasteiger partial charge in [0.05, 0.1) is 22.7 Å². The van der Waals surface area contributed by atoms with Crippen LogP contribution in [0, 0.1) is 11.6 Å². The van der Waals surface area contributed by atoms with E-state index in [2.05, 4.69) is 15.7 Å². The molecule has 0 spiro atoms. The van der Waals surface area contributed by atoms with Crippen molar-refractivity contribution in [2.75, 3.05) is 13.1 Å². The highest BCUT2D eigenvalue weighted by Crippen LogP contribution is 2.47. The van der Waals surface area contributed by atoms with Crippen LogP contribution in [0.3, 0.4) is 0 Å². The maximum atomic E-state index is 15.9. The molecule has 2 aliphatic heterocycles. The predicted molar refractivity (Wildman–Crippen MR) is 145 cm³/mol. The third-order valence-electron chi connectivity index (χ3n) is 7.95. The van der Waals surface area contributed by atoms with Gasteiger partial charge >= 0.3 is 6.18 Å². The summed E-state index contributed by atoms with van der Waals surface area (Å²) in [6, 6.07) is 4.68. The number of nitrogens with zero attached hydrogens (tertiary/aromatic N) is 2. The molecule has 218 valence electrons. The second-order valence-corrected chi connectivity index (χ2v) is 10.9. The Morgan fingerprint density at radius 1 is 1.10 bits per heavy atom. The molecule has 13 heteroatoms. The molecule has 1 aromatic heterocycles. The Bertz CT molecular complexity index is 1800. The second kappa shape index (κ2) is 10.1. The number of hydrogen-bond acceptors (Lipinski definition) is 4. The molecule has 2 aliphatic rings. The molecule has 6 rings (SSSR count). The lowest BCUT2D eigenvalue weighted by molar-refractivity contribution is -0.137.